The number of β-amino-alcohol motifs (C(OH)–C–C–N with tert-alkyl or cyclic N) is 1. The van der Waals surface area contributed by atoms with Crippen LogP contribution in [0.1, 0.15) is 27.2 Å². The van der Waals surface area contributed by atoms with E-state index in [1.807, 2.05) is 18.7 Å². The Morgan fingerprint density at radius 3 is 2.33 bits per heavy atom. The molecule has 1 aliphatic heterocycles. The molecule has 1 aliphatic rings. The standard InChI is InChI=1S/C13H26N2O3/c1-4-12(18-5-2)13(17)15-8-6-14(7-9-15)10-11(3)16/h11-12,16H,4-10H2,1-3H3/t11-,12-/m0/s1. The van der Waals surface area contributed by atoms with Crippen molar-refractivity contribution in [2.75, 3.05) is 39.3 Å². The molecule has 0 radical (unpaired) electrons. The molecule has 1 saturated heterocycles. The van der Waals surface area contributed by atoms with Crippen molar-refractivity contribution >= 4 is 5.91 Å². The fraction of sp³-hybridized carbons (Fsp3) is 0.923. The zero-order chi connectivity index (χ0) is 13.5. The average molecular weight is 258 g/mol. The largest absolute Gasteiger partial charge is 0.392 e. The highest BCUT2D eigenvalue weighted by molar-refractivity contribution is 5.81. The van der Waals surface area contributed by atoms with Crippen LogP contribution in [-0.2, 0) is 9.53 Å². The lowest BCUT2D eigenvalue weighted by molar-refractivity contribution is -0.145. The Hall–Kier alpha value is -0.650. The second kappa shape index (κ2) is 7.71. The van der Waals surface area contributed by atoms with Gasteiger partial charge in [0.15, 0.2) is 0 Å². The Morgan fingerprint density at radius 2 is 1.89 bits per heavy atom. The van der Waals surface area contributed by atoms with Gasteiger partial charge < -0.3 is 14.7 Å². The van der Waals surface area contributed by atoms with Crippen molar-refractivity contribution in [2.45, 2.75) is 39.4 Å². The maximum atomic E-state index is 12.2. The van der Waals surface area contributed by atoms with Gasteiger partial charge in [-0.05, 0) is 20.3 Å². The summed E-state index contributed by atoms with van der Waals surface area (Å²) in [5, 5.41) is 9.33. The Morgan fingerprint density at radius 1 is 1.28 bits per heavy atom. The molecule has 5 heteroatoms. The molecule has 106 valence electrons. The molecule has 2 atom stereocenters. The fourth-order valence-corrected chi connectivity index (χ4v) is 2.29. The molecule has 0 aromatic rings. The number of rotatable bonds is 6. The molecule has 0 spiro atoms. The van der Waals surface area contributed by atoms with Gasteiger partial charge in [-0.2, -0.15) is 0 Å². The molecule has 0 aromatic heterocycles. The van der Waals surface area contributed by atoms with Gasteiger partial charge in [0.1, 0.15) is 6.10 Å². The summed E-state index contributed by atoms with van der Waals surface area (Å²) in [6.45, 7) is 10.1. The summed E-state index contributed by atoms with van der Waals surface area (Å²) in [5.41, 5.74) is 0. The number of carbonyl (C=O) groups excluding carboxylic acids is 1. The van der Waals surface area contributed by atoms with E-state index in [4.69, 9.17) is 4.74 Å². The van der Waals surface area contributed by atoms with Gasteiger partial charge in [0, 0.05) is 39.3 Å². The number of amides is 1. The molecular weight excluding hydrogens is 232 g/mol. The van der Waals surface area contributed by atoms with Gasteiger partial charge in [0.2, 0.25) is 0 Å². The quantitative estimate of drug-likeness (QED) is 0.746. The van der Waals surface area contributed by atoms with E-state index in [1.165, 1.54) is 0 Å². The van der Waals surface area contributed by atoms with Gasteiger partial charge in [-0.3, -0.25) is 9.69 Å². The van der Waals surface area contributed by atoms with Crippen LogP contribution in [-0.4, -0.2) is 72.4 Å². The van der Waals surface area contributed by atoms with Gasteiger partial charge in [0.25, 0.3) is 5.91 Å². The van der Waals surface area contributed by atoms with Gasteiger partial charge >= 0.3 is 0 Å². The zero-order valence-electron chi connectivity index (χ0n) is 11.8. The Kier molecular flexibility index (Phi) is 6.60. The molecule has 1 N–H and O–H groups in total. The maximum absolute atomic E-state index is 12.2. The van der Waals surface area contributed by atoms with Crippen molar-refractivity contribution in [1.29, 1.82) is 0 Å². The third kappa shape index (κ3) is 4.55. The third-order valence-corrected chi connectivity index (χ3v) is 3.22. The van der Waals surface area contributed by atoms with Crippen LogP contribution in [0.2, 0.25) is 0 Å². The molecule has 0 aliphatic carbocycles. The lowest BCUT2D eigenvalue weighted by atomic mass is 10.2. The van der Waals surface area contributed by atoms with Crippen LogP contribution in [0.4, 0.5) is 0 Å². The first-order valence-electron chi connectivity index (χ1n) is 6.89. The Labute approximate surface area is 110 Å². The van der Waals surface area contributed by atoms with E-state index in [-0.39, 0.29) is 18.1 Å². The summed E-state index contributed by atoms with van der Waals surface area (Å²) in [7, 11) is 0. The predicted molar refractivity (Wildman–Crippen MR) is 70.4 cm³/mol. The first kappa shape index (κ1) is 15.4. The minimum absolute atomic E-state index is 0.107. The summed E-state index contributed by atoms with van der Waals surface area (Å²) in [6, 6.07) is 0. The molecule has 18 heavy (non-hydrogen) atoms. The van der Waals surface area contributed by atoms with Crippen LogP contribution in [0.5, 0.6) is 0 Å². The normalized spacial score (nSPS) is 20.8. The summed E-state index contributed by atoms with van der Waals surface area (Å²) in [6.07, 6.45) is 0.123. The van der Waals surface area contributed by atoms with Gasteiger partial charge in [0.05, 0.1) is 6.10 Å². The minimum Gasteiger partial charge on any atom is -0.392 e. The van der Waals surface area contributed by atoms with E-state index in [0.717, 1.165) is 32.6 Å². The molecule has 0 bridgehead atoms. The Bertz CT molecular complexity index is 251. The van der Waals surface area contributed by atoms with E-state index < -0.39 is 0 Å². The van der Waals surface area contributed by atoms with E-state index in [0.29, 0.717) is 13.2 Å². The number of nitrogens with zero attached hydrogens (tertiary/aromatic N) is 2. The van der Waals surface area contributed by atoms with Crippen molar-refractivity contribution in [3.05, 3.63) is 0 Å². The van der Waals surface area contributed by atoms with Crippen LogP contribution >= 0.6 is 0 Å². The first-order chi connectivity index (χ1) is 8.58. The van der Waals surface area contributed by atoms with E-state index >= 15 is 0 Å². The predicted octanol–water partition coefficient (Wildman–Crippen LogP) is 0.327. The third-order valence-electron chi connectivity index (χ3n) is 3.22. The Balaban J connectivity index is 2.39. The number of aliphatic hydroxyl groups excluding tert-OH is 1. The van der Waals surface area contributed by atoms with Crippen molar-refractivity contribution in [3.63, 3.8) is 0 Å². The highest BCUT2D eigenvalue weighted by Crippen LogP contribution is 2.08. The van der Waals surface area contributed by atoms with Crippen LogP contribution in [0.25, 0.3) is 0 Å². The van der Waals surface area contributed by atoms with Crippen molar-refractivity contribution in [1.82, 2.24) is 9.80 Å². The summed E-state index contributed by atoms with van der Waals surface area (Å²) >= 11 is 0. The molecule has 0 aromatic carbocycles. The van der Waals surface area contributed by atoms with E-state index in [2.05, 4.69) is 4.90 Å². The molecule has 1 heterocycles. The summed E-state index contributed by atoms with van der Waals surface area (Å²) in [5.74, 6) is 0.107. The number of hydrogen-bond acceptors (Lipinski definition) is 4. The second-order valence-electron chi connectivity index (χ2n) is 4.83. The lowest BCUT2D eigenvalue weighted by Gasteiger charge is -2.36. The molecule has 0 unspecified atom stereocenters. The molecule has 1 fully saturated rings. The zero-order valence-corrected chi connectivity index (χ0v) is 11.8. The van der Waals surface area contributed by atoms with Crippen LogP contribution in [0.3, 0.4) is 0 Å². The molecule has 1 rings (SSSR count). The van der Waals surface area contributed by atoms with E-state index in [9.17, 15) is 9.90 Å². The number of ether oxygens (including phenoxy) is 1. The van der Waals surface area contributed by atoms with Gasteiger partial charge in [-0.15, -0.1) is 0 Å². The molecule has 0 saturated carbocycles. The SMILES string of the molecule is CCO[C@@H](CC)C(=O)N1CCN(C[C@H](C)O)CC1. The number of piperazine rings is 1. The van der Waals surface area contributed by atoms with Gasteiger partial charge in [-0.1, -0.05) is 6.92 Å². The number of hydrogen-bond donors (Lipinski definition) is 1. The number of aliphatic hydroxyl groups is 1. The second-order valence-corrected chi connectivity index (χ2v) is 4.83. The highest BCUT2D eigenvalue weighted by atomic mass is 16.5. The smallest absolute Gasteiger partial charge is 0.251 e. The molecule has 1 amide bonds. The van der Waals surface area contributed by atoms with Crippen LogP contribution in [0, 0.1) is 0 Å². The summed E-state index contributed by atoms with van der Waals surface area (Å²) in [4.78, 5) is 16.2. The fourth-order valence-electron chi connectivity index (χ4n) is 2.29. The van der Waals surface area contributed by atoms with Crippen LogP contribution < -0.4 is 0 Å². The van der Waals surface area contributed by atoms with Crippen molar-refractivity contribution < 1.29 is 14.6 Å². The maximum Gasteiger partial charge on any atom is 0.251 e. The molecule has 5 nitrogen and oxygen atoms in total. The van der Waals surface area contributed by atoms with Crippen LogP contribution in [0.15, 0.2) is 0 Å². The lowest BCUT2D eigenvalue weighted by Crippen LogP contribution is -2.52. The van der Waals surface area contributed by atoms with E-state index in [1.54, 1.807) is 6.92 Å². The van der Waals surface area contributed by atoms with Crippen molar-refractivity contribution in [2.24, 2.45) is 0 Å². The minimum atomic E-state index is -0.306. The average Bonchev–Trinajstić information content (AvgIpc) is 2.35. The summed E-state index contributed by atoms with van der Waals surface area (Å²) < 4.78 is 5.45. The topological polar surface area (TPSA) is 53.0 Å². The van der Waals surface area contributed by atoms with Gasteiger partial charge in [-0.25, -0.2) is 0 Å². The first-order valence-corrected chi connectivity index (χ1v) is 6.89. The monoisotopic (exact) mass is 258 g/mol. The number of carbonyl (C=O) groups is 1. The highest BCUT2D eigenvalue weighted by Gasteiger charge is 2.26. The van der Waals surface area contributed by atoms with Crippen molar-refractivity contribution in [3.8, 4) is 0 Å². The molecular formula is C13H26N2O3.